The predicted octanol–water partition coefficient (Wildman–Crippen LogP) is 2.72. The molecule has 1 saturated heterocycles. The molecule has 72 valence electrons. The zero-order chi connectivity index (χ0) is 9.19. The molecular weight excluding hydrogens is 166 g/mol. The second-order valence-corrected chi connectivity index (χ2v) is 6.15. The number of nitrogens with one attached hydrogen (secondary N) is 1. The van der Waals surface area contributed by atoms with E-state index >= 15 is 0 Å². The van der Waals surface area contributed by atoms with E-state index < -0.39 is 0 Å². The first-order valence-electron chi connectivity index (χ1n) is 4.91. The van der Waals surface area contributed by atoms with E-state index in [1.165, 1.54) is 18.7 Å². The molecule has 1 heterocycles. The largest absolute Gasteiger partial charge is 0.303 e. The van der Waals surface area contributed by atoms with Gasteiger partial charge in [0, 0.05) is 0 Å². The fraction of sp³-hybridized carbons (Fsp3) is 1.00. The van der Waals surface area contributed by atoms with Gasteiger partial charge in [-0.25, -0.2) is 0 Å². The van der Waals surface area contributed by atoms with Crippen molar-refractivity contribution in [1.29, 1.82) is 0 Å². The Kier molecular flexibility index (Phi) is 3.47. The Morgan fingerprint density at radius 3 is 2.67 bits per heavy atom. The summed E-state index contributed by atoms with van der Waals surface area (Å²) in [7, 11) is 0. The molecule has 1 N–H and O–H groups in total. The van der Waals surface area contributed by atoms with Crippen molar-refractivity contribution in [3.05, 3.63) is 0 Å². The fourth-order valence-electron chi connectivity index (χ4n) is 1.74. The van der Waals surface area contributed by atoms with E-state index in [-0.39, 0.29) is 0 Å². The molecule has 1 fully saturated rings. The van der Waals surface area contributed by atoms with Crippen molar-refractivity contribution < 1.29 is 0 Å². The van der Waals surface area contributed by atoms with Crippen LogP contribution in [-0.4, -0.2) is 17.2 Å². The van der Waals surface area contributed by atoms with Crippen molar-refractivity contribution in [2.24, 2.45) is 11.8 Å². The zero-order valence-electron chi connectivity index (χ0n) is 8.68. The number of thioether (sulfide) groups is 1. The Bertz CT molecular complexity index is 137. The maximum atomic E-state index is 3.64. The normalized spacial score (nSPS) is 37.2. The number of hydrogen-bond donors (Lipinski definition) is 1. The molecule has 0 bridgehead atoms. The molecule has 0 radical (unpaired) electrons. The molecule has 2 heteroatoms. The summed E-state index contributed by atoms with van der Waals surface area (Å²) < 4.78 is 0. The molecule has 0 saturated carbocycles. The molecule has 0 amide bonds. The lowest BCUT2D eigenvalue weighted by molar-refractivity contribution is 0.371. The summed E-state index contributed by atoms with van der Waals surface area (Å²) in [4.78, 5) is 0.348. The summed E-state index contributed by atoms with van der Waals surface area (Å²) in [6, 6.07) is 0. The zero-order valence-corrected chi connectivity index (χ0v) is 9.50. The van der Waals surface area contributed by atoms with Crippen LogP contribution >= 0.6 is 11.8 Å². The summed E-state index contributed by atoms with van der Waals surface area (Å²) in [6.45, 7) is 10.4. The summed E-state index contributed by atoms with van der Waals surface area (Å²) in [5.74, 6) is 2.95. The van der Waals surface area contributed by atoms with E-state index in [9.17, 15) is 0 Å². The van der Waals surface area contributed by atoms with E-state index in [1.54, 1.807) is 0 Å². The van der Waals surface area contributed by atoms with Crippen LogP contribution in [0.3, 0.4) is 0 Å². The van der Waals surface area contributed by atoms with Crippen LogP contribution in [-0.2, 0) is 0 Å². The lowest BCUT2D eigenvalue weighted by Crippen LogP contribution is -2.47. The van der Waals surface area contributed by atoms with Gasteiger partial charge in [-0.05, 0) is 37.5 Å². The number of rotatable bonds is 2. The van der Waals surface area contributed by atoms with Crippen LogP contribution in [0.1, 0.15) is 34.1 Å². The van der Waals surface area contributed by atoms with Crippen molar-refractivity contribution in [3.63, 3.8) is 0 Å². The Hall–Kier alpha value is 0.310. The Balaban J connectivity index is 2.39. The molecular formula is C10H21NS. The number of hydrogen-bond acceptors (Lipinski definition) is 2. The van der Waals surface area contributed by atoms with Crippen molar-refractivity contribution in [3.8, 4) is 0 Å². The molecule has 2 unspecified atom stereocenters. The molecule has 0 spiro atoms. The molecule has 2 atom stereocenters. The minimum atomic E-state index is 0.348. The van der Waals surface area contributed by atoms with Gasteiger partial charge < -0.3 is 5.32 Å². The minimum Gasteiger partial charge on any atom is -0.303 e. The second-order valence-electron chi connectivity index (χ2n) is 4.63. The molecule has 0 aromatic rings. The molecule has 0 aromatic heterocycles. The first-order valence-corrected chi connectivity index (χ1v) is 5.89. The van der Waals surface area contributed by atoms with E-state index in [0.29, 0.717) is 4.87 Å². The first kappa shape index (κ1) is 10.4. The molecule has 1 aliphatic rings. The van der Waals surface area contributed by atoms with E-state index in [4.69, 9.17) is 0 Å². The van der Waals surface area contributed by atoms with Crippen LogP contribution < -0.4 is 5.32 Å². The standard InChI is InChI=1S/C10H21NS/c1-8(2)5-10(4)11-6-9(3)7-12-10/h8-9,11H,5-7H2,1-4H3. The molecule has 12 heavy (non-hydrogen) atoms. The molecule has 0 aromatic carbocycles. The predicted molar refractivity (Wildman–Crippen MR) is 57.5 cm³/mol. The smallest absolute Gasteiger partial charge is 0.0619 e. The van der Waals surface area contributed by atoms with Gasteiger partial charge >= 0.3 is 0 Å². The maximum absolute atomic E-state index is 3.64. The van der Waals surface area contributed by atoms with Gasteiger partial charge in [-0.1, -0.05) is 20.8 Å². The highest BCUT2D eigenvalue weighted by Crippen LogP contribution is 2.33. The van der Waals surface area contributed by atoms with Crippen LogP contribution in [0.2, 0.25) is 0 Å². The fourth-order valence-corrected chi connectivity index (χ4v) is 3.14. The van der Waals surface area contributed by atoms with Gasteiger partial charge in [0.15, 0.2) is 0 Å². The molecule has 1 nitrogen and oxygen atoms in total. The van der Waals surface area contributed by atoms with Gasteiger partial charge in [0.2, 0.25) is 0 Å². The lowest BCUT2D eigenvalue weighted by Gasteiger charge is -2.38. The van der Waals surface area contributed by atoms with Crippen LogP contribution in [0.5, 0.6) is 0 Å². The van der Waals surface area contributed by atoms with Crippen molar-refractivity contribution in [2.75, 3.05) is 12.3 Å². The van der Waals surface area contributed by atoms with E-state index in [2.05, 4.69) is 44.8 Å². The van der Waals surface area contributed by atoms with Gasteiger partial charge in [-0.3, -0.25) is 0 Å². The monoisotopic (exact) mass is 187 g/mol. The van der Waals surface area contributed by atoms with Gasteiger partial charge in [0.25, 0.3) is 0 Å². The highest BCUT2D eigenvalue weighted by molar-refractivity contribution is 8.00. The first-order chi connectivity index (χ1) is 5.52. The van der Waals surface area contributed by atoms with Crippen LogP contribution in [0, 0.1) is 11.8 Å². The molecule has 0 aliphatic carbocycles. The van der Waals surface area contributed by atoms with Gasteiger partial charge in [-0.2, -0.15) is 0 Å². The maximum Gasteiger partial charge on any atom is 0.0619 e. The van der Waals surface area contributed by atoms with Gasteiger partial charge in [0.1, 0.15) is 0 Å². The Morgan fingerprint density at radius 1 is 1.58 bits per heavy atom. The highest BCUT2D eigenvalue weighted by atomic mass is 32.2. The van der Waals surface area contributed by atoms with Crippen molar-refractivity contribution in [2.45, 2.75) is 39.0 Å². The highest BCUT2D eigenvalue weighted by Gasteiger charge is 2.29. The average Bonchev–Trinajstić information content (AvgIpc) is 1.94. The third kappa shape index (κ3) is 2.98. The van der Waals surface area contributed by atoms with E-state index in [1.807, 2.05) is 0 Å². The van der Waals surface area contributed by atoms with Crippen molar-refractivity contribution >= 4 is 11.8 Å². The molecule has 1 rings (SSSR count). The summed E-state index contributed by atoms with van der Waals surface area (Å²) >= 11 is 2.09. The summed E-state index contributed by atoms with van der Waals surface area (Å²) in [5.41, 5.74) is 0. The van der Waals surface area contributed by atoms with Gasteiger partial charge in [0.05, 0.1) is 4.87 Å². The van der Waals surface area contributed by atoms with Crippen LogP contribution in [0.15, 0.2) is 0 Å². The van der Waals surface area contributed by atoms with Gasteiger partial charge in [-0.15, -0.1) is 11.8 Å². The third-order valence-electron chi connectivity index (χ3n) is 2.31. The summed E-state index contributed by atoms with van der Waals surface area (Å²) in [5, 5.41) is 3.64. The second kappa shape index (κ2) is 4.01. The Labute approximate surface area is 80.7 Å². The quantitative estimate of drug-likeness (QED) is 0.713. The lowest BCUT2D eigenvalue weighted by atomic mass is 10.0. The SMILES string of the molecule is CC(C)CC1(C)NCC(C)CS1. The van der Waals surface area contributed by atoms with Crippen LogP contribution in [0.4, 0.5) is 0 Å². The van der Waals surface area contributed by atoms with Crippen LogP contribution in [0.25, 0.3) is 0 Å². The molecule has 1 aliphatic heterocycles. The minimum absolute atomic E-state index is 0.348. The topological polar surface area (TPSA) is 12.0 Å². The average molecular weight is 187 g/mol. The summed E-state index contributed by atoms with van der Waals surface area (Å²) in [6.07, 6.45) is 1.28. The van der Waals surface area contributed by atoms with Crippen molar-refractivity contribution in [1.82, 2.24) is 5.32 Å². The van der Waals surface area contributed by atoms with E-state index in [0.717, 1.165) is 11.8 Å². The third-order valence-corrected chi connectivity index (χ3v) is 3.99. The Morgan fingerprint density at radius 2 is 2.25 bits per heavy atom.